The van der Waals surface area contributed by atoms with E-state index in [1.54, 1.807) is 34.8 Å². The zero-order valence-corrected chi connectivity index (χ0v) is 16.4. The lowest BCUT2D eigenvalue weighted by molar-refractivity contribution is -0.0240. The van der Waals surface area contributed by atoms with E-state index in [1.807, 2.05) is 0 Å². The number of hydrogen-bond donors (Lipinski definition) is 1. The second-order valence-electron chi connectivity index (χ2n) is 7.84. The Morgan fingerprint density at radius 1 is 1.22 bits per heavy atom. The first kappa shape index (κ1) is 17.7. The Bertz CT molecular complexity index is 939. The Morgan fingerprint density at radius 3 is 2.74 bits per heavy atom. The molecular weight excluding hydrogens is 386 g/mol. The van der Waals surface area contributed by atoms with Gasteiger partial charge in [-0.25, -0.2) is 8.42 Å². The molecule has 0 amide bonds. The van der Waals surface area contributed by atoms with Crippen molar-refractivity contribution in [1.82, 2.24) is 14.5 Å². The third-order valence-corrected chi connectivity index (χ3v) is 8.12. The quantitative estimate of drug-likeness (QED) is 0.825. The summed E-state index contributed by atoms with van der Waals surface area (Å²) in [6.45, 7) is 0.798. The fraction of sp³-hybridized carbons (Fsp3) is 0.526. The van der Waals surface area contributed by atoms with E-state index in [-0.39, 0.29) is 23.1 Å². The normalized spacial score (nSPS) is 28.1. The van der Waals surface area contributed by atoms with E-state index in [1.165, 1.54) is 12.8 Å². The van der Waals surface area contributed by atoms with Gasteiger partial charge in [-0.3, -0.25) is 5.10 Å². The molecule has 0 radical (unpaired) electrons. The predicted molar refractivity (Wildman–Crippen MR) is 101 cm³/mol. The Hall–Kier alpha value is -1.41. The summed E-state index contributed by atoms with van der Waals surface area (Å²) in [6.07, 6.45) is 6.40. The van der Waals surface area contributed by atoms with Crippen molar-refractivity contribution >= 4 is 21.6 Å². The highest BCUT2D eigenvalue weighted by Crippen LogP contribution is 2.45. The largest absolute Gasteiger partial charge is 0.378 e. The number of piperidine rings is 1. The molecule has 5 rings (SSSR count). The first-order valence-electron chi connectivity index (χ1n) is 9.45. The third-order valence-electron chi connectivity index (χ3n) is 5.89. The van der Waals surface area contributed by atoms with Crippen LogP contribution in [0.15, 0.2) is 35.4 Å². The molecular formula is C19H22ClN3O3S. The average molecular weight is 408 g/mol. The molecule has 3 unspecified atom stereocenters. The van der Waals surface area contributed by atoms with Crippen LogP contribution in [-0.2, 0) is 21.2 Å². The van der Waals surface area contributed by atoms with Crippen LogP contribution >= 0.6 is 11.6 Å². The number of benzene rings is 1. The lowest BCUT2D eigenvalue weighted by atomic mass is 9.84. The molecule has 1 N–H and O–H groups in total. The van der Waals surface area contributed by atoms with E-state index in [4.69, 9.17) is 16.3 Å². The molecule has 6 nitrogen and oxygen atoms in total. The number of aromatic nitrogens is 2. The van der Waals surface area contributed by atoms with Gasteiger partial charge in [0.15, 0.2) is 0 Å². The topological polar surface area (TPSA) is 75.3 Å². The summed E-state index contributed by atoms with van der Waals surface area (Å²) in [4.78, 5) is 0.284. The molecule has 1 saturated carbocycles. The number of fused-ring (bicyclic) bond motifs is 4. The van der Waals surface area contributed by atoms with E-state index in [2.05, 4.69) is 10.2 Å². The standard InChI is InChI=1S/C19H22ClN3O3S/c20-13-3-5-16(6-4-13)27(24,25)23-14-7-15(26-11-12-1-2-12)9-19(23)17-10-21-22-18(17)8-14/h3-6,10,12,14-15,19H,1-2,7-9,11H2,(H,21,22). The lowest BCUT2D eigenvalue weighted by Gasteiger charge is -2.47. The summed E-state index contributed by atoms with van der Waals surface area (Å²) >= 11 is 5.94. The van der Waals surface area contributed by atoms with Gasteiger partial charge in [-0.2, -0.15) is 9.40 Å². The van der Waals surface area contributed by atoms with E-state index in [0.717, 1.165) is 17.9 Å². The smallest absolute Gasteiger partial charge is 0.243 e. The van der Waals surface area contributed by atoms with Gasteiger partial charge < -0.3 is 4.74 Å². The molecule has 8 heteroatoms. The molecule has 1 aromatic carbocycles. The van der Waals surface area contributed by atoms with Crippen molar-refractivity contribution in [3.05, 3.63) is 46.7 Å². The fourth-order valence-corrected chi connectivity index (χ4v) is 6.28. The van der Waals surface area contributed by atoms with Crippen LogP contribution in [0.2, 0.25) is 5.02 Å². The van der Waals surface area contributed by atoms with Crippen LogP contribution in [0.4, 0.5) is 0 Å². The van der Waals surface area contributed by atoms with Crippen molar-refractivity contribution in [2.24, 2.45) is 5.92 Å². The maximum absolute atomic E-state index is 13.4. The van der Waals surface area contributed by atoms with E-state index in [0.29, 0.717) is 30.2 Å². The molecule has 0 spiro atoms. The van der Waals surface area contributed by atoms with Gasteiger partial charge in [0.1, 0.15) is 0 Å². The minimum atomic E-state index is -3.62. The average Bonchev–Trinajstić information content (AvgIpc) is 3.36. The SMILES string of the molecule is O=S(=O)(c1ccc(Cl)cc1)N1C2Cc3[nH]ncc3C1CC(OCC1CC1)C2. The molecule has 144 valence electrons. The number of aromatic amines is 1. The van der Waals surface area contributed by atoms with Crippen LogP contribution in [0.1, 0.15) is 43.0 Å². The number of nitrogens with zero attached hydrogens (tertiary/aromatic N) is 2. The lowest BCUT2D eigenvalue weighted by Crippen LogP contribution is -2.53. The second kappa shape index (κ2) is 6.58. The zero-order valence-electron chi connectivity index (χ0n) is 14.8. The van der Waals surface area contributed by atoms with E-state index < -0.39 is 10.0 Å². The van der Waals surface area contributed by atoms with Crippen LogP contribution in [0.25, 0.3) is 0 Å². The highest BCUT2D eigenvalue weighted by atomic mass is 35.5. The Kier molecular flexibility index (Phi) is 4.31. The van der Waals surface area contributed by atoms with Crippen LogP contribution < -0.4 is 0 Å². The molecule has 2 bridgehead atoms. The molecule has 2 fully saturated rings. The van der Waals surface area contributed by atoms with Crippen molar-refractivity contribution in [3.8, 4) is 0 Å². The van der Waals surface area contributed by atoms with Crippen molar-refractivity contribution in [2.45, 2.75) is 55.2 Å². The number of hydrogen-bond acceptors (Lipinski definition) is 4. The van der Waals surface area contributed by atoms with Crippen molar-refractivity contribution < 1.29 is 13.2 Å². The summed E-state index contributed by atoms with van der Waals surface area (Å²) in [5, 5.41) is 7.75. The fourth-order valence-electron chi connectivity index (χ4n) is 4.34. The van der Waals surface area contributed by atoms with Gasteiger partial charge in [0.25, 0.3) is 0 Å². The molecule has 2 aliphatic heterocycles. The minimum Gasteiger partial charge on any atom is -0.378 e. The van der Waals surface area contributed by atoms with Gasteiger partial charge in [0, 0.05) is 35.3 Å². The van der Waals surface area contributed by atoms with E-state index >= 15 is 0 Å². The van der Waals surface area contributed by atoms with Gasteiger partial charge in [0.2, 0.25) is 10.0 Å². The summed E-state index contributed by atoms with van der Waals surface area (Å²) in [5.74, 6) is 0.699. The molecule has 3 aliphatic rings. The first-order valence-corrected chi connectivity index (χ1v) is 11.3. The number of rotatable bonds is 5. The van der Waals surface area contributed by atoms with Crippen molar-refractivity contribution in [3.63, 3.8) is 0 Å². The third kappa shape index (κ3) is 3.20. The van der Waals surface area contributed by atoms with Crippen LogP contribution in [0.3, 0.4) is 0 Å². The van der Waals surface area contributed by atoms with Gasteiger partial charge in [-0.05, 0) is 55.9 Å². The molecule has 1 aliphatic carbocycles. The van der Waals surface area contributed by atoms with Crippen molar-refractivity contribution in [1.29, 1.82) is 0 Å². The highest BCUT2D eigenvalue weighted by Gasteiger charge is 2.48. The minimum absolute atomic E-state index is 0.0975. The van der Waals surface area contributed by atoms with Crippen LogP contribution in [0, 0.1) is 5.92 Å². The molecule has 3 heterocycles. The van der Waals surface area contributed by atoms with Gasteiger partial charge >= 0.3 is 0 Å². The number of halogens is 1. The number of nitrogens with one attached hydrogen (secondary N) is 1. The summed E-state index contributed by atoms with van der Waals surface area (Å²) in [7, 11) is -3.62. The summed E-state index contributed by atoms with van der Waals surface area (Å²) in [6, 6.07) is 6.05. The number of ether oxygens (including phenoxy) is 1. The van der Waals surface area contributed by atoms with Gasteiger partial charge in [0.05, 0.1) is 23.2 Å². The Labute approximate surface area is 163 Å². The van der Waals surface area contributed by atoms with Gasteiger partial charge in [-0.15, -0.1) is 0 Å². The Morgan fingerprint density at radius 2 is 2.00 bits per heavy atom. The predicted octanol–water partition coefficient (Wildman–Crippen LogP) is 3.31. The highest BCUT2D eigenvalue weighted by molar-refractivity contribution is 7.89. The first-order chi connectivity index (χ1) is 13.0. The molecule has 3 atom stereocenters. The molecule has 1 aromatic heterocycles. The maximum atomic E-state index is 13.4. The van der Waals surface area contributed by atoms with E-state index in [9.17, 15) is 8.42 Å². The monoisotopic (exact) mass is 407 g/mol. The van der Waals surface area contributed by atoms with Crippen molar-refractivity contribution in [2.75, 3.05) is 6.61 Å². The molecule has 27 heavy (non-hydrogen) atoms. The number of sulfonamides is 1. The number of H-pyrrole nitrogens is 1. The second-order valence-corrected chi connectivity index (χ2v) is 10.1. The van der Waals surface area contributed by atoms with Crippen LogP contribution in [0.5, 0.6) is 0 Å². The Balaban J connectivity index is 1.48. The summed E-state index contributed by atoms with van der Waals surface area (Å²) < 4.78 is 34.7. The van der Waals surface area contributed by atoms with Crippen LogP contribution in [-0.4, -0.2) is 41.7 Å². The molecule has 1 saturated heterocycles. The zero-order chi connectivity index (χ0) is 18.6. The summed E-state index contributed by atoms with van der Waals surface area (Å²) in [5.41, 5.74) is 2.02. The van der Waals surface area contributed by atoms with Gasteiger partial charge in [-0.1, -0.05) is 11.6 Å². The molecule has 2 aromatic rings. The maximum Gasteiger partial charge on any atom is 0.243 e.